The zero-order valence-corrected chi connectivity index (χ0v) is 11.0. The van der Waals surface area contributed by atoms with E-state index in [1.807, 2.05) is 31.2 Å². The maximum atomic E-state index is 11.7. The van der Waals surface area contributed by atoms with Crippen LogP contribution in [0.3, 0.4) is 0 Å². The predicted octanol–water partition coefficient (Wildman–Crippen LogP) is 2.53. The number of rotatable bonds is 5. The van der Waals surface area contributed by atoms with E-state index in [9.17, 15) is 4.79 Å². The number of aryl methyl sites for hydroxylation is 1. The predicted molar refractivity (Wildman–Crippen MR) is 69.1 cm³/mol. The zero-order chi connectivity index (χ0) is 12.8. The quantitative estimate of drug-likeness (QED) is 0.851. The molecule has 1 aromatic carbocycles. The van der Waals surface area contributed by atoms with Crippen LogP contribution in [0.2, 0.25) is 0 Å². The topological polar surface area (TPSA) is 38.3 Å². The average molecular weight is 235 g/mol. The van der Waals surface area contributed by atoms with E-state index >= 15 is 0 Å². The van der Waals surface area contributed by atoms with Crippen molar-refractivity contribution >= 4 is 5.91 Å². The van der Waals surface area contributed by atoms with E-state index in [1.165, 1.54) is 0 Å². The first kappa shape index (κ1) is 13.6. The first-order valence-electron chi connectivity index (χ1n) is 6.00. The van der Waals surface area contributed by atoms with Gasteiger partial charge in [-0.05, 0) is 37.5 Å². The molecule has 94 valence electrons. The van der Waals surface area contributed by atoms with Gasteiger partial charge in [-0.1, -0.05) is 26.0 Å². The molecule has 0 radical (unpaired) electrons. The van der Waals surface area contributed by atoms with Gasteiger partial charge < -0.3 is 10.1 Å². The van der Waals surface area contributed by atoms with Gasteiger partial charge in [-0.3, -0.25) is 4.79 Å². The lowest BCUT2D eigenvalue weighted by Gasteiger charge is -2.15. The molecule has 1 amide bonds. The van der Waals surface area contributed by atoms with Crippen molar-refractivity contribution in [3.63, 3.8) is 0 Å². The average Bonchev–Trinajstić information content (AvgIpc) is 2.25. The van der Waals surface area contributed by atoms with Crippen molar-refractivity contribution in [1.29, 1.82) is 0 Å². The van der Waals surface area contributed by atoms with Gasteiger partial charge in [0.1, 0.15) is 5.75 Å². The summed E-state index contributed by atoms with van der Waals surface area (Å²) < 4.78 is 5.58. The van der Waals surface area contributed by atoms with Crippen LogP contribution in [-0.2, 0) is 4.79 Å². The Morgan fingerprint density at radius 3 is 2.65 bits per heavy atom. The molecule has 0 spiro atoms. The number of carbonyl (C=O) groups is 1. The van der Waals surface area contributed by atoms with Crippen molar-refractivity contribution in [2.75, 3.05) is 6.54 Å². The molecule has 0 saturated heterocycles. The Morgan fingerprint density at radius 1 is 1.35 bits per heavy atom. The molecule has 0 bridgehead atoms. The van der Waals surface area contributed by atoms with Gasteiger partial charge in [-0.15, -0.1) is 0 Å². The smallest absolute Gasteiger partial charge is 0.260 e. The first-order valence-corrected chi connectivity index (χ1v) is 6.00. The van der Waals surface area contributed by atoms with Gasteiger partial charge in [0.2, 0.25) is 0 Å². The Bertz CT molecular complexity index is 374. The molecule has 0 unspecified atom stereocenters. The standard InChI is InChI=1S/C14H21NO2/c1-10(2)9-15-14(16)12(4)17-13-7-5-6-11(3)8-13/h5-8,10,12H,9H2,1-4H3,(H,15,16)/t12-/m0/s1. The molecule has 1 atom stereocenters. The summed E-state index contributed by atoms with van der Waals surface area (Å²) in [6.45, 7) is 8.56. The Labute approximate surface area is 103 Å². The number of hydrogen-bond donors (Lipinski definition) is 1. The molecule has 3 nitrogen and oxygen atoms in total. The lowest BCUT2D eigenvalue weighted by Crippen LogP contribution is -2.38. The molecule has 1 aromatic rings. The van der Waals surface area contributed by atoms with Crippen LogP contribution in [0.4, 0.5) is 0 Å². The minimum Gasteiger partial charge on any atom is -0.481 e. The summed E-state index contributed by atoms with van der Waals surface area (Å²) in [4.78, 5) is 11.7. The van der Waals surface area contributed by atoms with Gasteiger partial charge in [0.15, 0.2) is 6.10 Å². The SMILES string of the molecule is Cc1cccc(O[C@@H](C)C(=O)NCC(C)C)c1. The van der Waals surface area contributed by atoms with Gasteiger partial charge in [-0.25, -0.2) is 0 Å². The van der Waals surface area contributed by atoms with Gasteiger partial charge in [0.05, 0.1) is 0 Å². The zero-order valence-electron chi connectivity index (χ0n) is 11.0. The molecule has 1 rings (SSSR count). The molecule has 0 fully saturated rings. The summed E-state index contributed by atoms with van der Waals surface area (Å²) in [7, 11) is 0. The molecular weight excluding hydrogens is 214 g/mol. The Balaban J connectivity index is 2.48. The van der Waals surface area contributed by atoms with Crippen molar-refractivity contribution < 1.29 is 9.53 Å². The van der Waals surface area contributed by atoms with Crippen LogP contribution >= 0.6 is 0 Å². The van der Waals surface area contributed by atoms with Crippen molar-refractivity contribution in [1.82, 2.24) is 5.32 Å². The second-order valence-electron chi connectivity index (χ2n) is 4.72. The fourth-order valence-electron chi connectivity index (χ4n) is 1.39. The van der Waals surface area contributed by atoms with Crippen molar-refractivity contribution in [2.45, 2.75) is 33.8 Å². The summed E-state index contributed by atoms with van der Waals surface area (Å²) in [5.74, 6) is 1.11. The van der Waals surface area contributed by atoms with Crippen molar-refractivity contribution in [3.8, 4) is 5.75 Å². The molecule has 0 saturated carbocycles. The van der Waals surface area contributed by atoms with E-state index in [0.717, 1.165) is 11.3 Å². The fraction of sp³-hybridized carbons (Fsp3) is 0.500. The molecule has 0 aliphatic heterocycles. The monoisotopic (exact) mass is 235 g/mol. The third kappa shape index (κ3) is 4.89. The summed E-state index contributed by atoms with van der Waals surface area (Å²) in [6, 6.07) is 7.70. The van der Waals surface area contributed by atoms with Gasteiger partial charge >= 0.3 is 0 Å². The number of hydrogen-bond acceptors (Lipinski definition) is 2. The van der Waals surface area contributed by atoms with Crippen LogP contribution in [-0.4, -0.2) is 18.6 Å². The largest absolute Gasteiger partial charge is 0.481 e. The van der Waals surface area contributed by atoms with Crippen LogP contribution in [0.5, 0.6) is 5.75 Å². The van der Waals surface area contributed by atoms with Crippen LogP contribution in [0.1, 0.15) is 26.3 Å². The van der Waals surface area contributed by atoms with Crippen LogP contribution in [0.25, 0.3) is 0 Å². The highest BCUT2D eigenvalue weighted by Crippen LogP contribution is 2.14. The number of ether oxygens (including phenoxy) is 1. The molecule has 17 heavy (non-hydrogen) atoms. The summed E-state index contributed by atoms with van der Waals surface area (Å²) in [5, 5.41) is 2.85. The van der Waals surface area contributed by atoms with E-state index < -0.39 is 6.10 Å². The van der Waals surface area contributed by atoms with E-state index in [-0.39, 0.29) is 5.91 Å². The maximum Gasteiger partial charge on any atom is 0.260 e. The van der Waals surface area contributed by atoms with E-state index in [4.69, 9.17) is 4.74 Å². The van der Waals surface area contributed by atoms with Crippen LogP contribution < -0.4 is 10.1 Å². The molecule has 0 aliphatic carbocycles. The number of nitrogens with one attached hydrogen (secondary N) is 1. The number of amides is 1. The second kappa shape index (κ2) is 6.28. The van der Waals surface area contributed by atoms with Crippen LogP contribution in [0.15, 0.2) is 24.3 Å². The van der Waals surface area contributed by atoms with Crippen molar-refractivity contribution in [2.24, 2.45) is 5.92 Å². The molecule has 3 heteroatoms. The molecular formula is C14H21NO2. The lowest BCUT2D eigenvalue weighted by atomic mass is 10.2. The highest BCUT2D eigenvalue weighted by Gasteiger charge is 2.14. The molecule has 1 N–H and O–H groups in total. The van der Waals surface area contributed by atoms with E-state index in [0.29, 0.717) is 12.5 Å². The molecule has 0 aromatic heterocycles. The Morgan fingerprint density at radius 2 is 2.06 bits per heavy atom. The molecule has 0 aliphatic rings. The normalized spacial score (nSPS) is 12.3. The van der Waals surface area contributed by atoms with Gasteiger partial charge in [-0.2, -0.15) is 0 Å². The lowest BCUT2D eigenvalue weighted by molar-refractivity contribution is -0.127. The summed E-state index contributed by atoms with van der Waals surface area (Å²) in [5.41, 5.74) is 1.12. The second-order valence-corrected chi connectivity index (χ2v) is 4.72. The van der Waals surface area contributed by atoms with Gasteiger partial charge in [0.25, 0.3) is 5.91 Å². The minimum atomic E-state index is -0.462. The Kier molecular flexibility index (Phi) is 5.01. The van der Waals surface area contributed by atoms with Crippen LogP contribution in [0, 0.1) is 12.8 Å². The van der Waals surface area contributed by atoms with Gasteiger partial charge in [0, 0.05) is 6.54 Å². The van der Waals surface area contributed by atoms with E-state index in [2.05, 4.69) is 19.2 Å². The number of carbonyl (C=O) groups excluding carboxylic acids is 1. The number of benzene rings is 1. The maximum absolute atomic E-state index is 11.7. The Hall–Kier alpha value is -1.51. The summed E-state index contributed by atoms with van der Waals surface area (Å²) >= 11 is 0. The minimum absolute atomic E-state index is 0.0693. The third-order valence-electron chi connectivity index (χ3n) is 2.36. The van der Waals surface area contributed by atoms with E-state index in [1.54, 1.807) is 6.92 Å². The third-order valence-corrected chi connectivity index (χ3v) is 2.36. The molecule has 0 heterocycles. The summed E-state index contributed by atoms with van der Waals surface area (Å²) in [6.07, 6.45) is -0.462. The van der Waals surface area contributed by atoms with Crippen molar-refractivity contribution in [3.05, 3.63) is 29.8 Å². The highest BCUT2D eigenvalue weighted by molar-refractivity contribution is 5.80. The highest BCUT2D eigenvalue weighted by atomic mass is 16.5. The fourth-order valence-corrected chi connectivity index (χ4v) is 1.39. The first-order chi connectivity index (χ1) is 7.99.